The van der Waals surface area contributed by atoms with Crippen LogP contribution in [0, 0.1) is 23.7 Å². The summed E-state index contributed by atoms with van der Waals surface area (Å²) < 4.78 is 0. The molecule has 384 valence electrons. The van der Waals surface area contributed by atoms with E-state index in [9.17, 15) is 39.0 Å². The van der Waals surface area contributed by atoms with Crippen molar-refractivity contribution >= 4 is 117 Å². The number of hydrogen-bond acceptors (Lipinski definition) is 9. The first-order valence-electron chi connectivity index (χ1n) is 24.4. The number of aliphatic carboxylic acids is 2. The number of nitrogens with zero attached hydrogens (tertiary/aromatic N) is 4. The van der Waals surface area contributed by atoms with Gasteiger partial charge in [0.25, 0.3) is 0 Å². The lowest BCUT2D eigenvalue weighted by atomic mass is 9.95. The molecule has 4 aliphatic rings. The Morgan fingerprint density at radius 1 is 0.493 bits per heavy atom. The third-order valence-corrected chi connectivity index (χ3v) is 17.6. The van der Waals surface area contributed by atoms with Crippen molar-refractivity contribution in [1.29, 1.82) is 0 Å². The van der Waals surface area contributed by atoms with Gasteiger partial charge in [0.1, 0.15) is 0 Å². The predicted octanol–water partition coefficient (Wildman–Crippen LogP) is 9.86. The molecule has 8 rings (SSSR count). The van der Waals surface area contributed by atoms with Gasteiger partial charge in [0.05, 0.1) is 31.9 Å². The van der Waals surface area contributed by atoms with Gasteiger partial charge in [-0.2, -0.15) is 0 Å². The highest BCUT2D eigenvalue weighted by Gasteiger charge is 2.30. The van der Waals surface area contributed by atoms with Crippen molar-refractivity contribution in [1.82, 2.24) is 9.80 Å². The Labute approximate surface area is 448 Å². The number of rotatable bonds is 14. The minimum Gasteiger partial charge on any atom is -0.481 e. The van der Waals surface area contributed by atoms with Crippen LogP contribution in [0.5, 0.6) is 0 Å². The fraction of sp³-hybridized carbons (Fsp3) is 0.370. The molecule has 0 unspecified atom stereocenters. The van der Waals surface area contributed by atoms with E-state index < -0.39 is 23.8 Å². The number of benzene rings is 4. The van der Waals surface area contributed by atoms with Gasteiger partial charge in [-0.25, -0.2) is 0 Å². The number of carboxylic acid groups (broad SMARTS) is 2. The summed E-state index contributed by atoms with van der Waals surface area (Å²) in [6, 6.07) is 19.4. The molecule has 0 radical (unpaired) electrons. The van der Waals surface area contributed by atoms with Gasteiger partial charge in [-0.3, -0.25) is 28.8 Å². The standard InChI is InChI=1S/C54H56Cl4N6O8S/c55-47-39(7-9-45(65)63-23-11-31(12-24-63)51(59)67)41(35-3-1-5-37(27-35)61-19-15-33(16-20-61)53(69)70)29-43(49(47)57)73-44-30-42(36-4-2-6-38(28-36)62-21-17-34(18-22-62)54(71)72)40(48(56)50(44)58)8-10-46(66)64-25-13-32(14-26-64)52(60)68/h1-10,27-34H,11-26H2,(H2,59,67)(H2,60,68)(H,69,70)(H,71,72). The van der Waals surface area contributed by atoms with Gasteiger partial charge < -0.3 is 41.3 Å². The van der Waals surface area contributed by atoms with E-state index in [2.05, 4.69) is 9.80 Å². The molecular weight excluding hydrogens is 1030 g/mol. The summed E-state index contributed by atoms with van der Waals surface area (Å²) in [5, 5.41) is 20.0. The number of primary amides is 2. The number of carbonyl (C=O) groups is 6. The maximum absolute atomic E-state index is 13.6. The highest BCUT2D eigenvalue weighted by atomic mass is 35.5. The van der Waals surface area contributed by atoms with Crippen LogP contribution in [-0.2, 0) is 28.8 Å². The summed E-state index contributed by atoms with van der Waals surface area (Å²) in [5.41, 5.74) is 16.6. The second kappa shape index (κ2) is 23.7. The number of anilines is 2. The average Bonchev–Trinajstić information content (AvgIpc) is 3.40. The predicted molar refractivity (Wildman–Crippen MR) is 288 cm³/mol. The molecule has 6 N–H and O–H groups in total. The molecule has 4 aliphatic heterocycles. The molecular formula is C54H56Cl4N6O8S. The lowest BCUT2D eigenvalue weighted by Gasteiger charge is -2.32. The summed E-state index contributed by atoms with van der Waals surface area (Å²) in [7, 11) is 0. The Balaban J connectivity index is 1.18. The minimum atomic E-state index is -0.801. The van der Waals surface area contributed by atoms with Crippen LogP contribution in [0.25, 0.3) is 34.4 Å². The van der Waals surface area contributed by atoms with Crippen LogP contribution >= 0.6 is 58.2 Å². The molecule has 73 heavy (non-hydrogen) atoms. The van der Waals surface area contributed by atoms with E-state index >= 15 is 0 Å². The molecule has 0 atom stereocenters. The Morgan fingerprint density at radius 2 is 0.836 bits per heavy atom. The zero-order valence-corrected chi connectivity index (χ0v) is 43.8. The fourth-order valence-corrected chi connectivity index (χ4v) is 12.3. The fourth-order valence-electron chi connectivity index (χ4n) is 10.1. The van der Waals surface area contributed by atoms with Crippen molar-refractivity contribution < 1.29 is 39.0 Å². The Morgan fingerprint density at radius 3 is 1.16 bits per heavy atom. The van der Waals surface area contributed by atoms with Crippen molar-refractivity contribution in [3.63, 3.8) is 0 Å². The maximum Gasteiger partial charge on any atom is 0.306 e. The van der Waals surface area contributed by atoms with Gasteiger partial charge in [-0.05, 0) is 122 Å². The summed E-state index contributed by atoms with van der Waals surface area (Å²) in [4.78, 5) is 83.1. The summed E-state index contributed by atoms with van der Waals surface area (Å²) in [5.74, 6) is -4.29. The van der Waals surface area contributed by atoms with E-state index in [0.29, 0.717) is 136 Å². The molecule has 4 fully saturated rings. The first-order chi connectivity index (χ1) is 35.0. The van der Waals surface area contributed by atoms with Crippen molar-refractivity contribution in [2.24, 2.45) is 35.1 Å². The third kappa shape index (κ3) is 12.5. The molecule has 4 saturated heterocycles. The van der Waals surface area contributed by atoms with Gasteiger partial charge >= 0.3 is 11.9 Å². The molecule has 19 heteroatoms. The number of piperidine rings is 4. The van der Waals surface area contributed by atoms with Crippen LogP contribution in [0.15, 0.2) is 82.6 Å². The van der Waals surface area contributed by atoms with Crippen molar-refractivity contribution in [2.75, 3.05) is 62.2 Å². The van der Waals surface area contributed by atoms with Crippen molar-refractivity contribution in [3.05, 3.63) is 104 Å². The van der Waals surface area contributed by atoms with E-state index in [-0.39, 0.29) is 55.6 Å². The van der Waals surface area contributed by atoms with E-state index in [1.54, 1.807) is 22.0 Å². The van der Waals surface area contributed by atoms with Gasteiger partial charge in [0.15, 0.2) is 0 Å². The van der Waals surface area contributed by atoms with Crippen LogP contribution in [0.3, 0.4) is 0 Å². The van der Waals surface area contributed by atoms with Crippen LogP contribution in [0.2, 0.25) is 20.1 Å². The Bertz CT molecular complexity index is 2680. The number of amides is 4. The number of hydrogen-bond donors (Lipinski definition) is 4. The number of halogens is 4. The van der Waals surface area contributed by atoms with Gasteiger partial charge in [0.2, 0.25) is 23.6 Å². The number of carboxylic acids is 2. The number of likely N-dealkylation sites (tertiary alicyclic amines) is 2. The lowest BCUT2D eigenvalue weighted by Crippen LogP contribution is -2.41. The Hall–Kier alpha value is -5.71. The molecule has 4 aromatic rings. The third-order valence-electron chi connectivity index (χ3n) is 14.6. The van der Waals surface area contributed by atoms with Crippen molar-refractivity contribution in [2.45, 2.75) is 61.2 Å². The van der Waals surface area contributed by atoms with Crippen molar-refractivity contribution in [3.8, 4) is 22.3 Å². The smallest absolute Gasteiger partial charge is 0.306 e. The molecule has 14 nitrogen and oxygen atoms in total. The molecule has 0 saturated carbocycles. The van der Waals surface area contributed by atoms with E-state index in [1.807, 2.05) is 60.7 Å². The monoisotopic (exact) mass is 1090 g/mol. The van der Waals surface area contributed by atoms with Crippen LogP contribution in [0.4, 0.5) is 11.4 Å². The second-order valence-electron chi connectivity index (χ2n) is 19.0. The molecule has 0 spiro atoms. The first-order valence-corrected chi connectivity index (χ1v) is 26.7. The van der Waals surface area contributed by atoms with E-state index in [4.69, 9.17) is 57.9 Å². The maximum atomic E-state index is 13.6. The lowest BCUT2D eigenvalue weighted by molar-refractivity contribution is -0.143. The largest absolute Gasteiger partial charge is 0.481 e. The molecule has 0 aromatic heterocycles. The second-order valence-corrected chi connectivity index (χ2v) is 21.6. The Kier molecular flexibility index (Phi) is 17.4. The molecule has 4 amide bonds. The summed E-state index contributed by atoms with van der Waals surface area (Å²) >= 11 is 30.2. The highest BCUT2D eigenvalue weighted by Crippen LogP contribution is 2.49. The van der Waals surface area contributed by atoms with Crippen LogP contribution < -0.4 is 21.3 Å². The first kappa shape index (κ1) is 53.6. The normalized spacial score (nSPS) is 17.7. The number of carbonyl (C=O) groups excluding carboxylic acids is 4. The molecule has 0 aliphatic carbocycles. The molecule has 4 aromatic carbocycles. The van der Waals surface area contributed by atoms with Gasteiger partial charge in [0, 0.05) is 109 Å². The summed E-state index contributed by atoms with van der Waals surface area (Å²) in [6.45, 7) is 3.71. The average molecular weight is 1090 g/mol. The molecule has 0 bridgehead atoms. The highest BCUT2D eigenvalue weighted by molar-refractivity contribution is 7.99. The number of nitrogens with two attached hydrogens (primary N) is 2. The van der Waals surface area contributed by atoms with E-state index in [1.165, 1.54) is 23.9 Å². The molecule has 4 heterocycles. The topological polar surface area (TPSA) is 208 Å². The SMILES string of the molecule is NC(=O)C1CCN(C(=O)C=Cc2c(-c3cccc(N4CCC(C(=O)O)CC4)c3)cc(Sc3cc(-c4cccc(N5CCC(C(=O)O)CC5)c4)c(C=CC(=O)N4CCC(C(N)=O)CC4)c(Cl)c3Cl)c(Cl)c2Cl)CC1. The zero-order valence-electron chi connectivity index (χ0n) is 39.9. The quantitative estimate of drug-likeness (QED) is 0.0874. The zero-order chi connectivity index (χ0) is 52.1. The summed E-state index contributed by atoms with van der Waals surface area (Å²) in [6.07, 6.45) is 10.1. The van der Waals surface area contributed by atoms with E-state index in [0.717, 1.165) is 22.5 Å². The minimum absolute atomic E-state index is 0.172. The van der Waals surface area contributed by atoms with Gasteiger partial charge in [-0.15, -0.1) is 0 Å². The van der Waals surface area contributed by atoms with Crippen LogP contribution in [-0.4, -0.2) is 108 Å². The van der Waals surface area contributed by atoms with Gasteiger partial charge in [-0.1, -0.05) is 82.4 Å². The van der Waals surface area contributed by atoms with Crippen LogP contribution in [0.1, 0.15) is 62.5 Å².